The second-order valence-electron chi connectivity index (χ2n) is 3.56. The number of rotatable bonds is 2. The van der Waals surface area contributed by atoms with Crippen LogP contribution in [0.3, 0.4) is 0 Å². The Balaban J connectivity index is 2.39. The van der Waals surface area contributed by atoms with Crippen LogP contribution in [0.25, 0.3) is 0 Å². The van der Waals surface area contributed by atoms with E-state index in [9.17, 15) is 14.4 Å². The van der Waals surface area contributed by atoms with Gasteiger partial charge in [0.25, 0.3) is 5.91 Å². The molecule has 1 atom stereocenters. The van der Waals surface area contributed by atoms with Crippen molar-refractivity contribution in [3.63, 3.8) is 0 Å². The summed E-state index contributed by atoms with van der Waals surface area (Å²) in [5.74, 6) is -2.67. The van der Waals surface area contributed by atoms with Crippen LogP contribution < -0.4 is 10.2 Å². The highest BCUT2D eigenvalue weighted by atomic mass is 79.9. The molecule has 1 aromatic rings. The molecule has 0 bridgehead atoms. The molecular formula is C11H7BrN2O3S. The van der Waals surface area contributed by atoms with E-state index >= 15 is 0 Å². The van der Waals surface area contributed by atoms with Crippen molar-refractivity contribution in [2.45, 2.75) is 0 Å². The van der Waals surface area contributed by atoms with E-state index in [1.165, 1.54) is 0 Å². The minimum atomic E-state index is -1.35. The summed E-state index contributed by atoms with van der Waals surface area (Å²) in [6, 6.07) is 6.79. The van der Waals surface area contributed by atoms with Crippen molar-refractivity contribution >= 4 is 57.0 Å². The molecule has 92 valence electrons. The van der Waals surface area contributed by atoms with Crippen molar-refractivity contribution in [1.29, 1.82) is 0 Å². The summed E-state index contributed by atoms with van der Waals surface area (Å²) < 4.78 is 0.845. The number of carbonyl (C=O) groups excluding carboxylic acids is 3. The van der Waals surface area contributed by atoms with Crippen molar-refractivity contribution in [2.75, 3.05) is 4.90 Å². The summed E-state index contributed by atoms with van der Waals surface area (Å²) in [6.45, 7) is 0. The maximum Gasteiger partial charge on any atom is 0.253 e. The van der Waals surface area contributed by atoms with Gasteiger partial charge in [-0.05, 0) is 36.5 Å². The normalized spacial score (nSPS) is 19.7. The van der Waals surface area contributed by atoms with Crippen LogP contribution in [-0.4, -0.2) is 23.2 Å². The Labute approximate surface area is 116 Å². The van der Waals surface area contributed by atoms with Crippen LogP contribution in [0.4, 0.5) is 5.69 Å². The van der Waals surface area contributed by atoms with Crippen LogP contribution in [0, 0.1) is 5.92 Å². The lowest BCUT2D eigenvalue weighted by Crippen LogP contribution is -2.58. The molecule has 1 fully saturated rings. The number of nitrogens with one attached hydrogen (secondary N) is 1. The standard InChI is InChI=1S/C11H7BrN2O3S/c12-6-1-3-7(4-2-6)14-10(17)8(5-15)9(16)13-11(14)18/h1-5,8H,(H,13,16,18)/t8-/m0/s1. The molecule has 1 saturated heterocycles. The lowest BCUT2D eigenvalue weighted by Gasteiger charge is -2.30. The van der Waals surface area contributed by atoms with Gasteiger partial charge < -0.3 is 10.1 Å². The third kappa shape index (κ3) is 2.19. The van der Waals surface area contributed by atoms with Crippen LogP contribution in [0.15, 0.2) is 28.7 Å². The number of amides is 2. The van der Waals surface area contributed by atoms with Gasteiger partial charge in [-0.15, -0.1) is 0 Å². The Morgan fingerprint density at radius 1 is 1.28 bits per heavy atom. The van der Waals surface area contributed by atoms with Crippen LogP contribution in [0.2, 0.25) is 0 Å². The molecule has 1 aliphatic rings. The Kier molecular flexibility index (Phi) is 3.53. The third-order valence-corrected chi connectivity index (χ3v) is 3.24. The molecular weight excluding hydrogens is 320 g/mol. The quantitative estimate of drug-likeness (QED) is 0.500. The largest absolute Gasteiger partial charge is 0.302 e. The van der Waals surface area contributed by atoms with Crippen LogP contribution in [0.5, 0.6) is 0 Å². The lowest BCUT2D eigenvalue weighted by molar-refractivity contribution is -0.136. The molecule has 0 aromatic heterocycles. The van der Waals surface area contributed by atoms with Gasteiger partial charge in [-0.3, -0.25) is 14.5 Å². The van der Waals surface area contributed by atoms with Gasteiger partial charge in [0, 0.05) is 4.47 Å². The minimum absolute atomic E-state index is 0.0228. The molecule has 5 nitrogen and oxygen atoms in total. The molecule has 0 radical (unpaired) electrons. The van der Waals surface area contributed by atoms with E-state index in [1.54, 1.807) is 24.3 Å². The van der Waals surface area contributed by atoms with Gasteiger partial charge in [-0.25, -0.2) is 0 Å². The summed E-state index contributed by atoms with van der Waals surface area (Å²) >= 11 is 8.22. The number of benzene rings is 1. The fourth-order valence-electron chi connectivity index (χ4n) is 1.55. The van der Waals surface area contributed by atoms with Crippen LogP contribution >= 0.6 is 28.1 Å². The van der Waals surface area contributed by atoms with Gasteiger partial charge in [0.05, 0.1) is 5.69 Å². The number of anilines is 1. The first kappa shape index (κ1) is 12.8. The molecule has 7 heteroatoms. The minimum Gasteiger partial charge on any atom is -0.302 e. The molecule has 1 aliphatic heterocycles. The number of hydrogen-bond donors (Lipinski definition) is 1. The Hall–Kier alpha value is -1.60. The SMILES string of the molecule is O=C[C@H]1C(=O)NC(=S)N(c2ccc(Br)cc2)C1=O. The molecule has 2 rings (SSSR count). The topological polar surface area (TPSA) is 66.5 Å². The second kappa shape index (κ2) is 4.95. The highest BCUT2D eigenvalue weighted by molar-refractivity contribution is 9.10. The smallest absolute Gasteiger partial charge is 0.253 e. The van der Waals surface area contributed by atoms with E-state index in [4.69, 9.17) is 12.2 Å². The zero-order valence-electron chi connectivity index (χ0n) is 8.92. The van der Waals surface area contributed by atoms with Gasteiger partial charge in [0.15, 0.2) is 11.0 Å². The molecule has 0 unspecified atom stereocenters. The van der Waals surface area contributed by atoms with Crippen molar-refractivity contribution in [2.24, 2.45) is 5.92 Å². The number of thiocarbonyl (C=S) groups is 1. The average molecular weight is 327 g/mol. The van der Waals surface area contributed by atoms with Gasteiger partial charge >= 0.3 is 0 Å². The average Bonchev–Trinajstić information content (AvgIpc) is 2.31. The molecule has 0 aliphatic carbocycles. The first-order valence-corrected chi connectivity index (χ1v) is 6.14. The maximum atomic E-state index is 12.0. The van der Waals surface area contributed by atoms with Crippen molar-refractivity contribution in [3.05, 3.63) is 28.7 Å². The van der Waals surface area contributed by atoms with E-state index in [1.807, 2.05) is 0 Å². The summed E-state index contributed by atoms with van der Waals surface area (Å²) in [4.78, 5) is 35.3. The zero-order chi connectivity index (χ0) is 13.3. The van der Waals surface area contributed by atoms with Crippen LogP contribution in [0.1, 0.15) is 0 Å². The molecule has 0 spiro atoms. The molecule has 18 heavy (non-hydrogen) atoms. The predicted octanol–water partition coefficient (Wildman–Crippen LogP) is 1.01. The number of nitrogens with zero attached hydrogens (tertiary/aromatic N) is 1. The number of halogens is 1. The molecule has 2 amide bonds. The van der Waals surface area contributed by atoms with Crippen LogP contribution in [-0.2, 0) is 14.4 Å². The highest BCUT2D eigenvalue weighted by Gasteiger charge is 2.39. The maximum absolute atomic E-state index is 12.0. The van der Waals surface area contributed by atoms with E-state index in [-0.39, 0.29) is 5.11 Å². The van der Waals surface area contributed by atoms with Gasteiger partial charge in [-0.1, -0.05) is 15.9 Å². The first-order valence-electron chi connectivity index (χ1n) is 4.94. The summed E-state index contributed by atoms with van der Waals surface area (Å²) in [5, 5.41) is 2.31. The van der Waals surface area contributed by atoms with Crippen molar-refractivity contribution in [1.82, 2.24) is 5.32 Å². The Morgan fingerprint density at radius 3 is 2.44 bits per heavy atom. The Bertz CT molecular complexity index is 544. The monoisotopic (exact) mass is 326 g/mol. The third-order valence-electron chi connectivity index (χ3n) is 2.42. The predicted molar refractivity (Wildman–Crippen MR) is 71.9 cm³/mol. The summed E-state index contributed by atoms with van der Waals surface area (Å²) in [6.07, 6.45) is 0.311. The number of carbonyl (C=O) groups is 3. The second-order valence-corrected chi connectivity index (χ2v) is 4.86. The Morgan fingerprint density at radius 2 is 1.89 bits per heavy atom. The van der Waals surface area contributed by atoms with E-state index in [0.29, 0.717) is 12.0 Å². The molecule has 0 saturated carbocycles. The van der Waals surface area contributed by atoms with E-state index < -0.39 is 17.7 Å². The lowest BCUT2D eigenvalue weighted by atomic mass is 10.1. The fraction of sp³-hybridized carbons (Fsp3) is 0.0909. The molecule has 1 N–H and O–H groups in total. The van der Waals surface area contributed by atoms with Crippen molar-refractivity contribution < 1.29 is 14.4 Å². The summed E-state index contributed by atoms with van der Waals surface area (Å²) in [7, 11) is 0. The number of hydrogen-bond acceptors (Lipinski definition) is 4. The van der Waals surface area contributed by atoms with Crippen molar-refractivity contribution in [3.8, 4) is 0 Å². The summed E-state index contributed by atoms with van der Waals surface area (Å²) in [5.41, 5.74) is 0.500. The fourth-order valence-corrected chi connectivity index (χ4v) is 2.11. The van der Waals surface area contributed by atoms with Gasteiger partial charge in [-0.2, -0.15) is 0 Å². The van der Waals surface area contributed by atoms with E-state index in [0.717, 1.165) is 9.37 Å². The highest BCUT2D eigenvalue weighted by Crippen LogP contribution is 2.22. The number of aldehydes is 1. The molecule has 1 aromatic carbocycles. The first-order chi connectivity index (χ1) is 8.54. The zero-order valence-corrected chi connectivity index (χ0v) is 11.3. The van der Waals surface area contributed by atoms with Gasteiger partial charge in [0.2, 0.25) is 5.91 Å². The van der Waals surface area contributed by atoms with E-state index in [2.05, 4.69) is 21.2 Å². The molecule has 1 heterocycles. The van der Waals surface area contributed by atoms with Gasteiger partial charge in [0.1, 0.15) is 6.29 Å².